The van der Waals surface area contributed by atoms with Crippen LogP contribution in [0.2, 0.25) is 0 Å². The second-order valence-electron chi connectivity index (χ2n) is 3.54. The summed E-state index contributed by atoms with van der Waals surface area (Å²) in [6, 6.07) is 7.89. The topological polar surface area (TPSA) is 64.3 Å². The van der Waals surface area contributed by atoms with Crippen LogP contribution in [0.15, 0.2) is 24.3 Å². The van der Waals surface area contributed by atoms with Gasteiger partial charge in [-0.25, -0.2) is 0 Å². The molecule has 88 valence electrons. The van der Waals surface area contributed by atoms with Crippen LogP contribution >= 0.6 is 0 Å². The molecule has 0 aromatic heterocycles. The van der Waals surface area contributed by atoms with Crippen LogP contribution in [0.3, 0.4) is 0 Å². The highest BCUT2D eigenvalue weighted by Crippen LogP contribution is 2.26. The predicted octanol–water partition coefficient (Wildman–Crippen LogP) is 1.22. The molecular formula is C12H18N2O2. The zero-order valence-corrected chi connectivity index (χ0v) is 9.69. The average molecular weight is 222 g/mol. The molecule has 1 unspecified atom stereocenters. The number of rotatable bonds is 6. The van der Waals surface area contributed by atoms with Crippen molar-refractivity contribution < 1.29 is 9.53 Å². The van der Waals surface area contributed by atoms with E-state index in [4.69, 9.17) is 10.5 Å². The molecule has 1 rings (SSSR count). The second kappa shape index (κ2) is 6.12. The zero-order chi connectivity index (χ0) is 12.0. The third kappa shape index (κ3) is 3.24. The van der Waals surface area contributed by atoms with Crippen molar-refractivity contribution in [1.82, 2.24) is 5.32 Å². The van der Waals surface area contributed by atoms with Gasteiger partial charge in [0.15, 0.2) is 6.61 Å². The molecule has 4 nitrogen and oxygen atoms in total. The molecule has 1 amide bonds. The number of hydrogen-bond acceptors (Lipinski definition) is 3. The predicted molar refractivity (Wildman–Crippen MR) is 63.2 cm³/mol. The number of para-hydroxylation sites is 1. The largest absolute Gasteiger partial charge is 0.483 e. The number of ether oxygens (including phenoxy) is 1. The van der Waals surface area contributed by atoms with Gasteiger partial charge in [0.05, 0.1) is 0 Å². The lowest BCUT2D eigenvalue weighted by molar-refractivity contribution is -0.119. The van der Waals surface area contributed by atoms with Crippen LogP contribution in [0, 0.1) is 0 Å². The summed E-state index contributed by atoms with van der Waals surface area (Å²) in [5, 5.41) is 3.20. The minimum Gasteiger partial charge on any atom is -0.483 e. The Hall–Kier alpha value is -1.55. The lowest BCUT2D eigenvalue weighted by atomic mass is 10.0. The molecule has 0 aliphatic rings. The first-order chi connectivity index (χ1) is 7.69. The van der Waals surface area contributed by atoms with Crippen molar-refractivity contribution >= 4 is 5.91 Å². The van der Waals surface area contributed by atoms with Crippen molar-refractivity contribution in [3.8, 4) is 5.75 Å². The van der Waals surface area contributed by atoms with Crippen LogP contribution in [-0.4, -0.2) is 19.6 Å². The van der Waals surface area contributed by atoms with E-state index in [0.717, 1.165) is 12.0 Å². The summed E-state index contributed by atoms with van der Waals surface area (Å²) >= 11 is 0. The van der Waals surface area contributed by atoms with E-state index < -0.39 is 5.91 Å². The number of amides is 1. The van der Waals surface area contributed by atoms with Crippen molar-refractivity contribution in [2.24, 2.45) is 5.73 Å². The SMILES string of the molecule is CCC(NC)c1ccccc1OCC(N)=O. The van der Waals surface area contributed by atoms with Gasteiger partial charge in [0.25, 0.3) is 5.91 Å². The Labute approximate surface area is 95.8 Å². The molecule has 1 aromatic rings. The molecule has 0 radical (unpaired) electrons. The van der Waals surface area contributed by atoms with E-state index in [1.54, 1.807) is 0 Å². The molecule has 0 fully saturated rings. The van der Waals surface area contributed by atoms with Crippen molar-refractivity contribution in [3.05, 3.63) is 29.8 Å². The summed E-state index contributed by atoms with van der Waals surface area (Å²) < 4.78 is 5.37. The molecule has 4 heteroatoms. The molecular weight excluding hydrogens is 204 g/mol. The maximum atomic E-state index is 10.7. The minimum atomic E-state index is -0.465. The maximum absolute atomic E-state index is 10.7. The van der Waals surface area contributed by atoms with Crippen LogP contribution in [0.25, 0.3) is 0 Å². The van der Waals surface area contributed by atoms with Gasteiger partial charge in [-0.15, -0.1) is 0 Å². The Morgan fingerprint density at radius 1 is 1.50 bits per heavy atom. The van der Waals surface area contributed by atoms with Crippen molar-refractivity contribution in [3.63, 3.8) is 0 Å². The lowest BCUT2D eigenvalue weighted by Gasteiger charge is -2.18. The molecule has 1 atom stereocenters. The van der Waals surface area contributed by atoms with E-state index >= 15 is 0 Å². The van der Waals surface area contributed by atoms with E-state index in [1.165, 1.54) is 0 Å². The van der Waals surface area contributed by atoms with Crippen LogP contribution in [0.4, 0.5) is 0 Å². The average Bonchev–Trinajstić information content (AvgIpc) is 2.29. The summed E-state index contributed by atoms with van der Waals surface area (Å²) in [7, 11) is 1.90. The Bertz CT molecular complexity index is 349. The Morgan fingerprint density at radius 3 is 2.75 bits per heavy atom. The Morgan fingerprint density at radius 2 is 2.19 bits per heavy atom. The van der Waals surface area contributed by atoms with Crippen LogP contribution in [-0.2, 0) is 4.79 Å². The third-order valence-corrected chi connectivity index (χ3v) is 2.42. The molecule has 16 heavy (non-hydrogen) atoms. The Balaban J connectivity index is 2.86. The van der Waals surface area contributed by atoms with Crippen LogP contribution in [0.1, 0.15) is 24.9 Å². The third-order valence-electron chi connectivity index (χ3n) is 2.42. The first-order valence-corrected chi connectivity index (χ1v) is 5.36. The highest BCUT2D eigenvalue weighted by atomic mass is 16.5. The lowest BCUT2D eigenvalue weighted by Crippen LogP contribution is -2.22. The first kappa shape index (κ1) is 12.5. The van der Waals surface area contributed by atoms with E-state index in [1.807, 2.05) is 31.3 Å². The van der Waals surface area contributed by atoms with Gasteiger partial charge in [-0.2, -0.15) is 0 Å². The van der Waals surface area contributed by atoms with Gasteiger partial charge in [-0.05, 0) is 19.5 Å². The minimum absolute atomic E-state index is 0.0861. The standard InChI is InChI=1S/C12H18N2O2/c1-3-10(14-2)9-6-4-5-7-11(9)16-8-12(13)15/h4-7,10,14H,3,8H2,1-2H3,(H2,13,15). The Kier molecular flexibility index (Phi) is 4.79. The number of benzene rings is 1. The number of primary amides is 1. The molecule has 0 aliphatic carbocycles. The van der Waals surface area contributed by atoms with Crippen LogP contribution < -0.4 is 15.8 Å². The van der Waals surface area contributed by atoms with Crippen molar-refractivity contribution in [2.75, 3.05) is 13.7 Å². The molecule has 0 heterocycles. The highest BCUT2D eigenvalue weighted by Gasteiger charge is 2.12. The van der Waals surface area contributed by atoms with Crippen LogP contribution in [0.5, 0.6) is 5.75 Å². The van der Waals surface area contributed by atoms with Crippen molar-refractivity contribution in [1.29, 1.82) is 0 Å². The molecule has 0 bridgehead atoms. The van der Waals surface area contributed by atoms with Gasteiger partial charge in [0, 0.05) is 11.6 Å². The number of nitrogens with two attached hydrogens (primary N) is 1. The summed E-state index contributed by atoms with van der Waals surface area (Å²) in [6.07, 6.45) is 0.952. The second-order valence-corrected chi connectivity index (χ2v) is 3.54. The summed E-state index contributed by atoms with van der Waals surface area (Å²) in [5.41, 5.74) is 6.10. The fourth-order valence-corrected chi connectivity index (χ4v) is 1.63. The van der Waals surface area contributed by atoms with E-state index in [0.29, 0.717) is 5.75 Å². The van der Waals surface area contributed by atoms with Gasteiger partial charge < -0.3 is 15.8 Å². The quantitative estimate of drug-likeness (QED) is 0.760. The molecule has 0 aliphatic heterocycles. The fraction of sp³-hybridized carbons (Fsp3) is 0.417. The zero-order valence-electron chi connectivity index (χ0n) is 9.69. The monoisotopic (exact) mass is 222 g/mol. The normalized spacial score (nSPS) is 12.1. The van der Waals surface area contributed by atoms with Gasteiger partial charge in [0.2, 0.25) is 0 Å². The van der Waals surface area contributed by atoms with Gasteiger partial charge in [0.1, 0.15) is 5.75 Å². The molecule has 0 saturated heterocycles. The van der Waals surface area contributed by atoms with E-state index in [9.17, 15) is 4.79 Å². The van der Waals surface area contributed by atoms with E-state index in [-0.39, 0.29) is 12.6 Å². The number of hydrogen-bond donors (Lipinski definition) is 2. The molecule has 0 spiro atoms. The number of carbonyl (C=O) groups excluding carboxylic acids is 1. The fourth-order valence-electron chi connectivity index (χ4n) is 1.63. The maximum Gasteiger partial charge on any atom is 0.255 e. The summed E-state index contributed by atoms with van der Waals surface area (Å²) in [5.74, 6) is 0.245. The number of nitrogens with one attached hydrogen (secondary N) is 1. The molecule has 0 saturated carbocycles. The van der Waals surface area contributed by atoms with E-state index in [2.05, 4.69) is 12.2 Å². The van der Waals surface area contributed by atoms with Gasteiger partial charge in [-0.3, -0.25) is 4.79 Å². The molecule has 3 N–H and O–H groups in total. The molecule has 1 aromatic carbocycles. The smallest absolute Gasteiger partial charge is 0.255 e. The summed E-state index contributed by atoms with van der Waals surface area (Å²) in [6.45, 7) is 2.00. The van der Waals surface area contributed by atoms with Gasteiger partial charge in [-0.1, -0.05) is 25.1 Å². The van der Waals surface area contributed by atoms with Gasteiger partial charge >= 0.3 is 0 Å². The summed E-state index contributed by atoms with van der Waals surface area (Å²) in [4.78, 5) is 10.7. The highest BCUT2D eigenvalue weighted by molar-refractivity contribution is 5.75. The van der Waals surface area contributed by atoms with Crippen molar-refractivity contribution in [2.45, 2.75) is 19.4 Å². The first-order valence-electron chi connectivity index (χ1n) is 5.36. The number of carbonyl (C=O) groups is 1.